The van der Waals surface area contributed by atoms with Crippen LogP contribution in [0.1, 0.15) is 0 Å². The second-order valence-corrected chi connectivity index (χ2v) is 8.36. The van der Waals surface area contributed by atoms with Crippen LogP contribution in [0.25, 0.3) is 0 Å². The first kappa shape index (κ1) is 15.9. The molecule has 0 radical (unpaired) electrons. The summed E-state index contributed by atoms with van der Waals surface area (Å²) in [7, 11) is -0.141. The molecule has 0 saturated heterocycles. The third-order valence-electron chi connectivity index (χ3n) is 3.22. The molecular formula is C18H15S4+. The van der Waals surface area contributed by atoms with Crippen molar-refractivity contribution in [2.75, 3.05) is 0 Å². The molecule has 0 N–H and O–H groups in total. The fourth-order valence-electron chi connectivity index (χ4n) is 2.15. The van der Waals surface area contributed by atoms with Crippen molar-refractivity contribution in [3.63, 3.8) is 0 Å². The normalized spacial score (nSPS) is 10.9. The lowest BCUT2D eigenvalue weighted by Crippen LogP contribution is -2.04. The van der Waals surface area contributed by atoms with Crippen LogP contribution in [0.15, 0.2) is 102 Å². The molecule has 3 aromatic rings. The van der Waals surface area contributed by atoms with Gasteiger partial charge in [0.05, 0.1) is 10.9 Å². The van der Waals surface area contributed by atoms with Gasteiger partial charge in [0.1, 0.15) is 0 Å². The van der Waals surface area contributed by atoms with Gasteiger partial charge in [0, 0.05) is 14.7 Å². The Balaban J connectivity index is 2.10. The predicted octanol–water partition coefficient (Wildman–Crippen LogP) is 5.65. The van der Waals surface area contributed by atoms with Crippen LogP contribution in [-0.2, 0) is 10.9 Å². The summed E-state index contributed by atoms with van der Waals surface area (Å²) in [6.45, 7) is 0. The summed E-state index contributed by atoms with van der Waals surface area (Å²) in [5.74, 6) is 0. The van der Waals surface area contributed by atoms with Crippen molar-refractivity contribution in [1.82, 2.24) is 0 Å². The topological polar surface area (TPSA) is 0 Å². The minimum Gasteiger partial charge on any atom is -0.143 e. The van der Waals surface area contributed by atoms with Crippen molar-refractivity contribution < 1.29 is 0 Å². The number of rotatable bonds is 3. The Kier molecular flexibility index (Phi) is 5.14. The van der Waals surface area contributed by atoms with Gasteiger partial charge in [0.25, 0.3) is 0 Å². The second kappa shape index (κ2) is 7.09. The van der Waals surface area contributed by atoms with Gasteiger partial charge in [-0.05, 0) is 72.8 Å². The van der Waals surface area contributed by atoms with Gasteiger partial charge in [-0.3, -0.25) is 0 Å². The van der Waals surface area contributed by atoms with E-state index in [9.17, 15) is 0 Å². The van der Waals surface area contributed by atoms with Crippen LogP contribution in [-0.4, -0.2) is 0 Å². The Bertz CT molecular complexity index is 638. The molecule has 0 heterocycles. The van der Waals surface area contributed by atoms with Crippen molar-refractivity contribution in [2.45, 2.75) is 29.4 Å². The lowest BCUT2D eigenvalue weighted by molar-refractivity contribution is 1.26. The Morgan fingerprint density at radius 3 is 0.864 bits per heavy atom. The van der Waals surface area contributed by atoms with Gasteiger partial charge in [-0.2, -0.15) is 0 Å². The van der Waals surface area contributed by atoms with Crippen molar-refractivity contribution in [3.05, 3.63) is 72.8 Å². The van der Waals surface area contributed by atoms with Gasteiger partial charge in [0.15, 0.2) is 14.7 Å². The maximum atomic E-state index is 4.38. The minimum absolute atomic E-state index is 0.141. The van der Waals surface area contributed by atoms with Crippen LogP contribution in [0.5, 0.6) is 0 Å². The molecule has 0 fully saturated rings. The molecule has 0 nitrogen and oxygen atoms in total. The van der Waals surface area contributed by atoms with Crippen molar-refractivity contribution in [2.24, 2.45) is 0 Å². The zero-order valence-corrected chi connectivity index (χ0v) is 15.2. The third kappa shape index (κ3) is 3.69. The first-order chi connectivity index (χ1) is 10.6. The molecule has 3 aromatic carbocycles. The van der Waals surface area contributed by atoms with Gasteiger partial charge in [0.2, 0.25) is 0 Å². The third-order valence-corrected chi connectivity index (χ3v) is 6.34. The van der Waals surface area contributed by atoms with E-state index < -0.39 is 0 Å². The van der Waals surface area contributed by atoms with Crippen molar-refractivity contribution >= 4 is 48.8 Å². The Morgan fingerprint density at radius 1 is 0.409 bits per heavy atom. The van der Waals surface area contributed by atoms with E-state index in [1.807, 2.05) is 36.4 Å². The van der Waals surface area contributed by atoms with E-state index in [1.165, 1.54) is 14.7 Å². The maximum absolute atomic E-state index is 4.38. The lowest BCUT2D eigenvalue weighted by atomic mass is 10.3. The maximum Gasteiger partial charge on any atom is 0.166 e. The summed E-state index contributed by atoms with van der Waals surface area (Å²) in [5, 5.41) is 0. The fourth-order valence-corrected chi connectivity index (χ4v) is 4.64. The molecule has 0 saturated carbocycles. The fraction of sp³-hybridized carbons (Fsp3) is 0. The van der Waals surface area contributed by atoms with E-state index in [1.54, 1.807) is 0 Å². The summed E-state index contributed by atoms with van der Waals surface area (Å²) in [6, 6.07) is 25.1. The monoisotopic (exact) mass is 359 g/mol. The molecule has 0 bridgehead atoms. The molecule has 0 aliphatic rings. The summed E-state index contributed by atoms with van der Waals surface area (Å²) >= 11 is 13.2. The number of hydrogen-bond acceptors (Lipinski definition) is 3. The van der Waals surface area contributed by atoms with E-state index in [0.717, 1.165) is 14.7 Å². The minimum atomic E-state index is -0.141. The first-order valence-corrected chi connectivity index (χ1v) is 9.31. The van der Waals surface area contributed by atoms with Crippen molar-refractivity contribution in [1.29, 1.82) is 0 Å². The van der Waals surface area contributed by atoms with Crippen LogP contribution in [0.4, 0.5) is 0 Å². The van der Waals surface area contributed by atoms with Crippen LogP contribution in [0, 0.1) is 0 Å². The molecule has 0 unspecified atom stereocenters. The highest BCUT2D eigenvalue weighted by Gasteiger charge is 2.28. The standard InChI is InChI=1S/C18H14S4/c19-13-1-7-16(8-2-13)22(17-9-3-14(20)4-10-17)18-11-5-15(21)6-12-18/h1-12H,(H2-,19,20,21)/p+1. The zero-order chi connectivity index (χ0) is 15.5. The molecule has 0 spiro atoms. The van der Waals surface area contributed by atoms with E-state index in [0.29, 0.717) is 0 Å². The van der Waals surface area contributed by atoms with Gasteiger partial charge < -0.3 is 0 Å². The van der Waals surface area contributed by atoms with Gasteiger partial charge in [-0.15, -0.1) is 37.9 Å². The molecule has 0 aromatic heterocycles. The average molecular weight is 360 g/mol. The summed E-state index contributed by atoms with van der Waals surface area (Å²) in [4.78, 5) is 6.75. The number of thiol groups is 3. The molecular weight excluding hydrogens is 344 g/mol. The molecule has 0 aliphatic carbocycles. The molecule has 0 amide bonds. The van der Waals surface area contributed by atoms with E-state index in [-0.39, 0.29) is 10.9 Å². The SMILES string of the molecule is Sc1ccc([S+](c2ccc(S)cc2)c2ccc(S)cc2)cc1. The molecule has 22 heavy (non-hydrogen) atoms. The van der Waals surface area contributed by atoms with Gasteiger partial charge in [-0.25, -0.2) is 0 Å². The quantitative estimate of drug-likeness (QED) is 0.391. The molecule has 4 heteroatoms. The highest BCUT2D eigenvalue weighted by atomic mass is 32.2. The predicted molar refractivity (Wildman–Crippen MR) is 103 cm³/mol. The van der Waals surface area contributed by atoms with Crippen molar-refractivity contribution in [3.8, 4) is 0 Å². The Labute approximate surface area is 150 Å². The molecule has 0 aliphatic heterocycles. The summed E-state index contributed by atoms with van der Waals surface area (Å²) in [6.07, 6.45) is 0. The summed E-state index contributed by atoms with van der Waals surface area (Å²) in [5.41, 5.74) is 0. The van der Waals surface area contributed by atoms with E-state index in [2.05, 4.69) is 74.3 Å². The van der Waals surface area contributed by atoms with E-state index in [4.69, 9.17) is 0 Å². The zero-order valence-electron chi connectivity index (χ0n) is 11.7. The van der Waals surface area contributed by atoms with Gasteiger partial charge >= 0.3 is 0 Å². The van der Waals surface area contributed by atoms with Crippen LogP contribution < -0.4 is 0 Å². The largest absolute Gasteiger partial charge is 0.166 e. The lowest BCUT2D eigenvalue weighted by Gasteiger charge is -2.08. The summed E-state index contributed by atoms with van der Waals surface area (Å²) < 4.78 is 0. The molecule has 110 valence electrons. The average Bonchev–Trinajstić information content (AvgIpc) is 2.53. The van der Waals surface area contributed by atoms with Gasteiger partial charge in [-0.1, -0.05) is 0 Å². The molecule has 0 atom stereocenters. The van der Waals surface area contributed by atoms with Crippen LogP contribution >= 0.6 is 37.9 Å². The Hall–Kier alpha value is -0.940. The highest BCUT2D eigenvalue weighted by Crippen LogP contribution is 2.32. The number of hydrogen-bond donors (Lipinski definition) is 3. The first-order valence-electron chi connectivity index (χ1n) is 6.75. The smallest absolute Gasteiger partial charge is 0.143 e. The Morgan fingerprint density at radius 2 is 0.636 bits per heavy atom. The second-order valence-electron chi connectivity index (χ2n) is 4.79. The van der Waals surface area contributed by atoms with Crippen LogP contribution in [0.3, 0.4) is 0 Å². The number of benzene rings is 3. The highest BCUT2D eigenvalue weighted by molar-refractivity contribution is 7.97. The molecule has 3 rings (SSSR count). The van der Waals surface area contributed by atoms with Crippen LogP contribution in [0.2, 0.25) is 0 Å². The van der Waals surface area contributed by atoms with E-state index >= 15 is 0 Å².